The van der Waals surface area contributed by atoms with Crippen LogP contribution >= 0.6 is 27.9 Å². The van der Waals surface area contributed by atoms with Crippen LogP contribution in [0.1, 0.15) is 39.4 Å². The first-order valence-electron chi connectivity index (χ1n) is 6.42. The third-order valence-electron chi connectivity index (χ3n) is 2.95. The summed E-state index contributed by atoms with van der Waals surface area (Å²) in [7, 11) is 0. The summed E-state index contributed by atoms with van der Waals surface area (Å²) < 4.78 is 10.2. The highest BCUT2D eigenvalue weighted by Gasteiger charge is 2.38. The molecule has 0 spiro atoms. The molecule has 1 N–H and O–H groups in total. The van der Waals surface area contributed by atoms with Gasteiger partial charge in [0.1, 0.15) is 5.82 Å². The van der Waals surface area contributed by atoms with Gasteiger partial charge in [0.2, 0.25) is 0 Å². The number of hydrogen-bond acceptors (Lipinski definition) is 5. The first-order chi connectivity index (χ1) is 8.91. The Bertz CT molecular complexity index is 413. The molecule has 0 atom stereocenters. The van der Waals surface area contributed by atoms with Crippen LogP contribution in [0.15, 0.2) is 16.9 Å². The largest absolute Gasteiger partial charge is 0.381 e. The van der Waals surface area contributed by atoms with Gasteiger partial charge >= 0.3 is 0 Å². The zero-order chi connectivity index (χ0) is 13.9. The van der Waals surface area contributed by atoms with Crippen molar-refractivity contribution in [3.8, 4) is 0 Å². The van der Waals surface area contributed by atoms with Gasteiger partial charge in [0.25, 0.3) is 0 Å². The molecule has 1 aliphatic heterocycles. The summed E-state index contributed by atoms with van der Waals surface area (Å²) in [5.41, 5.74) is -0.184. The molecular formula is C13H20BrN3OS. The predicted octanol–water partition coefficient (Wildman–Crippen LogP) is 3.28. The molecule has 0 aliphatic carbocycles. The number of hydrogen-bond donors (Lipinski definition) is 1. The molecule has 0 bridgehead atoms. The summed E-state index contributed by atoms with van der Waals surface area (Å²) in [4.78, 5) is 8.97. The van der Waals surface area contributed by atoms with E-state index >= 15 is 0 Å². The van der Waals surface area contributed by atoms with Gasteiger partial charge in [0.15, 0.2) is 0 Å². The van der Waals surface area contributed by atoms with Crippen LogP contribution in [0.4, 0.5) is 0 Å². The molecule has 1 aromatic heterocycles. The van der Waals surface area contributed by atoms with E-state index in [9.17, 15) is 0 Å². The van der Waals surface area contributed by atoms with Crippen LogP contribution < -0.4 is 4.72 Å². The molecule has 19 heavy (non-hydrogen) atoms. The Kier molecular flexibility index (Phi) is 4.87. The summed E-state index contributed by atoms with van der Waals surface area (Å²) in [6.45, 7) is 8.08. The lowest BCUT2D eigenvalue weighted by Gasteiger charge is -2.38. The summed E-state index contributed by atoms with van der Waals surface area (Å²) >= 11 is 5.12. The summed E-state index contributed by atoms with van der Waals surface area (Å²) in [6, 6.07) is 0. The average Bonchev–Trinajstić information content (AvgIpc) is 2.37. The molecule has 4 nitrogen and oxygen atoms in total. The van der Waals surface area contributed by atoms with Crippen molar-refractivity contribution in [2.75, 3.05) is 13.2 Å². The molecule has 0 aromatic carbocycles. The van der Waals surface area contributed by atoms with E-state index in [1.807, 2.05) is 12.4 Å². The Hall–Kier alpha value is -0.170. The van der Waals surface area contributed by atoms with E-state index in [2.05, 4.69) is 51.4 Å². The fraction of sp³-hybridized carbons (Fsp3) is 0.692. The van der Waals surface area contributed by atoms with Gasteiger partial charge in [-0.2, -0.15) is 0 Å². The van der Waals surface area contributed by atoms with Crippen molar-refractivity contribution < 1.29 is 4.74 Å². The lowest BCUT2D eigenvalue weighted by Crippen LogP contribution is -2.46. The van der Waals surface area contributed by atoms with Crippen molar-refractivity contribution >= 4 is 27.9 Å². The smallest absolute Gasteiger partial charge is 0.149 e. The second-order valence-electron chi connectivity index (χ2n) is 5.74. The third kappa shape index (κ3) is 4.15. The first-order valence-corrected chi connectivity index (χ1v) is 8.03. The monoisotopic (exact) mass is 345 g/mol. The summed E-state index contributed by atoms with van der Waals surface area (Å²) in [5, 5.41) is 0. The molecule has 1 fully saturated rings. The van der Waals surface area contributed by atoms with E-state index in [1.165, 1.54) is 0 Å². The van der Waals surface area contributed by atoms with E-state index in [0.29, 0.717) is 0 Å². The van der Waals surface area contributed by atoms with Gasteiger partial charge in [-0.25, -0.2) is 14.7 Å². The Morgan fingerprint density at radius 1 is 1.26 bits per heavy atom. The Balaban J connectivity index is 2.21. The second kappa shape index (κ2) is 6.08. The molecule has 2 rings (SSSR count). The quantitative estimate of drug-likeness (QED) is 0.851. The second-order valence-corrected chi connectivity index (χ2v) is 8.28. The Labute approximate surface area is 127 Å². The lowest BCUT2D eigenvalue weighted by molar-refractivity contribution is 0.0435. The molecule has 2 heterocycles. The highest BCUT2D eigenvalue weighted by molar-refractivity contribution is 9.10. The fourth-order valence-electron chi connectivity index (χ4n) is 1.90. The Morgan fingerprint density at radius 2 is 1.84 bits per heavy atom. The molecule has 1 aromatic rings. The van der Waals surface area contributed by atoms with E-state index in [0.717, 1.165) is 36.4 Å². The van der Waals surface area contributed by atoms with Gasteiger partial charge in [-0.3, -0.25) is 0 Å². The normalized spacial score (nSPS) is 19.4. The van der Waals surface area contributed by atoms with Crippen LogP contribution in [0.3, 0.4) is 0 Å². The van der Waals surface area contributed by atoms with Crippen molar-refractivity contribution in [1.29, 1.82) is 0 Å². The zero-order valence-corrected chi connectivity index (χ0v) is 14.0. The predicted molar refractivity (Wildman–Crippen MR) is 81.9 cm³/mol. The number of nitrogens with zero attached hydrogens (tertiary/aromatic N) is 2. The van der Waals surface area contributed by atoms with Crippen LogP contribution in [-0.2, 0) is 10.3 Å². The molecule has 1 saturated heterocycles. The van der Waals surface area contributed by atoms with Crippen molar-refractivity contribution in [3.63, 3.8) is 0 Å². The van der Waals surface area contributed by atoms with Crippen LogP contribution in [0, 0.1) is 0 Å². The van der Waals surface area contributed by atoms with E-state index in [-0.39, 0.29) is 10.3 Å². The Morgan fingerprint density at radius 3 is 2.37 bits per heavy atom. The number of halogens is 1. The van der Waals surface area contributed by atoms with Crippen LogP contribution in [0.5, 0.6) is 0 Å². The SMILES string of the molecule is CC(C)(C)SNC1(c2ncc(Br)cn2)CCOCC1. The number of rotatable bonds is 3. The van der Waals surface area contributed by atoms with Crippen molar-refractivity contribution in [2.45, 2.75) is 43.9 Å². The number of nitrogens with one attached hydrogen (secondary N) is 1. The molecular weight excluding hydrogens is 326 g/mol. The third-order valence-corrected chi connectivity index (χ3v) is 4.46. The van der Waals surface area contributed by atoms with Gasteiger partial charge in [0.05, 0.1) is 10.0 Å². The van der Waals surface area contributed by atoms with Gasteiger partial charge < -0.3 is 4.74 Å². The highest BCUT2D eigenvalue weighted by atomic mass is 79.9. The number of aromatic nitrogens is 2. The van der Waals surface area contributed by atoms with E-state index in [4.69, 9.17) is 4.74 Å². The fourth-order valence-corrected chi connectivity index (χ4v) is 2.90. The minimum Gasteiger partial charge on any atom is -0.381 e. The van der Waals surface area contributed by atoms with Gasteiger partial charge in [-0.1, -0.05) is 11.9 Å². The first kappa shape index (κ1) is 15.2. The molecule has 0 unspecified atom stereocenters. The van der Waals surface area contributed by atoms with Crippen molar-refractivity contribution in [2.24, 2.45) is 0 Å². The topological polar surface area (TPSA) is 47.0 Å². The van der Waals surface area contributed by atoms with Crippen molar-refractivity contribution in [3.05, 3.63) is 22.7 Å². The zero-order valence-electron chi connectivity index (χ0n) is 11.6. The molecule has 1 aliphatic rings. The lowest BCUT2D eigenvalue weighted by atomic mass is 9.90. The maximum Gasteiger partial charge on any atom is 0.149 e. The van der Waals surface area contributed by atoms with Crippen LogP contribution in [0.2, 0.25) is 0 Å². The van der Waals surface area contributed by atoms with Gasteiger partial charge in [-0.15, -0.1) is 0 Å². The summed E-state index contributed by atoms with van der Waals surface area (Å²) in [5.74, 6) is 0.857. The maximum atomic E-state index is 5.49. The van der Waals surface area contributed by atoms with Crippen LogP contribution in [0.25, 0.3) is 0 Å². The van der Waals surface area contributed by atoms with E-state index in [1.54, 1.807) is 11.9 Å². The molecule has 6 heteroatoms. The van der Waals surface area contributed by atoms with Crippen molar-refractivity contribution in [1.82, 2.24) is 14.7 Å². The average molecular weight is 346 g/mol. The summed E-state index contributed by atoms with van der Waals surface area (Å²) in [6.07, 6.45) is 5.42. The van der Waals surface area contributed by atoms with Gasteiger partial charge in [-0.05, 0) is 49.5 Å². The molecule has 106 valence electrons. The molecule has 0 radical (unpaired) electrons. The van der Waals surface area contributed by atoms with E-state index < -0.39 is 0 Å². The minimum atomic E-state index is -0.184. The number of ether oxygens (including phenoxy) is 1. The molecule has 0 amide bonds. The highest BCUT2D eigenvalue weighted by Crippen LogP contribution is 2.34. The standard InChI is InChI=1S/C13H20BrN3OS/c1-12(2,3)19-17-13(4-6-18-7-5-13)11-15-8-10(14)9-16-11/h8-9,17H,4-7H2,1-3H3. The van der Waals surface area contributed by atoms with Gasteiger partial charge in [0, 0.05) is 30.4 Å². The molecule has 0 saturated carbocycles. The minimum absolute atomic E-state index is 0.153. The maximum absolute atomic E-state index is 5.49. The van der Waals surface area contributed by atoms with Crippen LogP contribution in [-0.4, -0.2) is 27.9 Å².